The highest BCUT2D eigenvalue weighted by Crippen LogP contribution is 2.29. The van der Waals surface area contributed by atoms with Crippen molar-refractivity contribution in [2.75, 3.05) is 20.8 Å². The summed E-state index contributed by atoms with van der Waals surface area (Å²) in [5, 5.41) is 0. The fourth-order valence-electron chi connectivity index (χ4n) is 2.22. The fraction of sp³-hybridized carbons (Fsp3) is 0.529. The molecule has 0 amide bonds. The van der Waals surface area contributed by atoms with Crippen LogP contribution < -0.4 is 9.47 Å². The molecule has 0 fully saturated rings. The van der Waals surface area contributed by atoms with E-state index in [2.05, 4.69) is 0 Å². The monoisotopic (exact) mass is 308 g/mol. The Bertz CT molecular complexity index is 474. The smallest absolute Gasteiger partial charge is 0.305 e. The summed E-state index contributed by atoms with van der Waals surface area (Å²) in [6.07, 6.45) is 3.07. The number of hydrogen-bond acceptors (Lipinski definition) is 5. The molecule has 122 valence electrons. The molecule has 0 aromatic heterocycles. The Hall–Kier alpha value is -2.04. The van der Waals surface area contributed by atoms with E-state index in [0.29, 0.717) is 36.5 Å². The number of benzene rings is 1. The van der Waals surface area contributed by atoms with Gasteiger partial charge in [0.25, 0.3) is 0 Å². The fourth-order valence-corrected chi connectivity index (χ4v) is 2.22. The first-order chi connectivity index (χ1) is 10.6. The molecule has 1 aromatic rings. The number of ketones is 1. The third kappa shape index (κ3) is 5.39. The second-order valence-electron chi connectivity index (χ2n) is 4.83. The Morgan fingerprint density at radius 2 is 1.55 bits per heavy atom. The number of hydrogen-bond donors (Lipinski definition) is 0. The summed E-state index contributed by atoms with van der Waals surface area (Å²) < 4.78 is 15.3. The summed E-state index contributed by atoms with van der Waals surface area (Å²) in [5.41, 5.74) is 0.484. The number of rotatable bonds is 10. The molecule has 22 heavy (non-hydrogen) atoms. The second-order valence-corrected chi connectivity index (χ2v) is 4.83. The van der Waals surface area contributed by atoms with E-state index in [1.54, 1.807) is 25.1 Å². The van der Waals surface area contributed by atoms with Gasteiger partial charge in [0.05, 0.1) is 20.8 Å². The normalized spacial score (nSPS) is 10.1. The van der Waals surface area contributed by atoms with Crippen molar-refractivity contribution in [1.29, 1.82) is 0 Å². The van der Waals surface area contributed by atoms with Gasteiger partial charge in [0, 0.05) is 12.8 Å². The minimum atomic E-state index is -0.180. The molecule has 0 unspecified atom stereocenters. The van der Waals surface area contributed by atoms with Crippen LogP contribution >= 0.6 is 0 Å². The Balaban J connectivity index is 2.48. The maximum absolute atomic E-state index is 12.4. The van der Waals surface area contributed by atoms with E-state index in [1.807, 2.05) is 0 Å². The van der Waals surface area contributed by atoms with Gasteiger partial charge in [-0.25, -0.2) is 0 Å². The van der Waals surface area contributed by atoms with Crippen LogP contribution in [0.4, 0.5) is 0 Å². The summed E-state index contributed by atoms with van der Waals surface area (Å²) in [6.45, 7) is 2.20. The zero-order chi connectivity index (χ0) is 16.4. The first-order valence-electron chi connectivity index (χ1n) is 7.53. The first kappa shape index (κ1) is 18.0. The molecule has 0 saturated carbocycles. The summed E-state index contributed by atoms with van der Waals surface area (Å²) in [5.74, 6) is 0.859. The van der Waals surface area contributed by atoms with E-state index in [4.69, 9.17) is 14.2 Å². The molecule has 1 rings (SSSR count). The minimum absolute atomic E-state index is 0.00886. The average molecular weight is 308 g/mol. The van der Waals surface area contributed by atoms with E-state index < -0.39 is 0 Å². The van der Waals surface area contributed by atoms with Crippen molar-refractivity contribution in [3.63, 3.8) is 0 Å². The first-order valence-corrected chi connectivity index (χ1v) is 7.53. The van der Waals surface area contributed by atoms with Gasteiger partial charge >= 0.3 is 5.97 Å². The van der Waals surface area contributed by atoms with Crippen LogP contribution in [0.15, 0.2) is 18.2 Å². The van der Waals surface area contributed by atoms with E-state index in [0.717, 1.165) is 19.3 Å². The molecule has 0 heterocycles. The number of carbonyl (C=O) groups excluding carboxylic acids is 2. The minimum Gasteiger partial charge on any atom is -0.496 e. The van der Waals surface area contributed by atoms with Gasteiger partial charge in [0.2, 0.25) is 0 Å². The molecular formula is C17H24O5. The third-order valence-electron chi connectivity index (χ3n) is 3.30. The lowest BCUT2D eigenvalue weighted by Crippen LogP contribution is -2.06. The molecule has 0 saturated heterocycles. The van der Waals surface area contributed by atoms with Crippen molar-refractivity contribution < 1.29 is 23.8 Å². The van der Waals surface area contributed by atoms with Gasteiger partial charge in [0.1, 0.15) is 17.1 Å². The lowest BCUT2D eigenvalue weighted by molar-refractivity contribution is -0.143. The van der Waals surface area contributed by atoms with Gasteiger partial charge < -0.3 is 14.2 Å². The van der Waals surface area contributed by atoms with Gasteiger partial charge in [-0.05, 0) is 31.9 Å². The zero-order valence-electron chi connectivity index (χ0n) is 13.5. The summed E-state index contributed by atoms with van der Waals surface area (Å²) in [4.78, 5) is 23.6. The van der Waals surface area contributed by atoms with Crippen molar-refractivity contribution in [2.24, 2.45) is 0 Å². The highest BCUT2D eigenvalue weighted by molar-refractivity contribution is 6.01. The Labute approximate surface area is 131 Å². The van der Waals surface area contributed by atoms with Crippen LogP contribution in [0, 0.1) is 0 Å². The maximum atomic E-state index is 12.4. The van der Waals surface area contributed by atoms with Crippen molar-refractivity contribution >= 4 is 11.8 Å². The average Bonchev–Trinajstić information content (AvgIpc) is 2.53. The van der Waals surface area contributed by atoms with E-state index >= 15 is 0 Å². The molecular weight excluding hydrogens is 284 g/mol. The predicted molar refractivity (Wildman–Crippen MR) is 83.6 cm³/mol. The van der Waals surface area contributed by atoms with Gasteiger partial charge in [-0.1, -0.05) is 12.5 Å². The summed E-state index contributed by atoms with van der Waals surface area (Å²) in [6, 6.07) is 5.28. The Morgan fingerprint density at radius 3 is 2.09 bits per heavy atom. The van der Waals surface area contributed by atoms with Crippen LogP contribution in [0.1, 0.15) is 49.4 Å². The largest absolute Gasteiger partial charge is 0.496 e. The van der Waals surface area contributed by atoms with Crippen LogP contribution in [-0.4, -0.2) is 32.6 Å². The number of esters is 1. The van der Waals surface area contributed by atoms with Gasteiger partial charge in [0.15, 0.2) is 5.78 Å². The SMILES string of the molecule is CCOC(=O)CCCCCC(=O)c1c(OC)cccc1OC. The Kier molecular flexibility index (Phi) is 8.04. The number of methoxy groups -OCH3 is 2. The molecule has 0 N–H and O–H groups in total. The maximum Gasteiger partial charge on any atom is 0.305 e. The van der Waals surface area contributed by atoms with Crippen LogP contribution in [0.3, 0.4) is 0 Å². The second kappa shape index (κ2) is 9.82. The van der Waals surface area contributed by atoms with Gasteiger partial charge in [-0.3, -0.25) is 9.59 Å². The van der Waals surface area contributed by atoms with Crippen molar-refractivity contribution in [2.45, 2.75) is 39.0 Å². The molecule has 0 aliphatic rings. The zero-order valence-corrected chi connectivity index (χ0v) is 13.5. The third-order valence-corrected chi connectivity index (χ3v) is 3.30. The van der Waals surface area contributed by atoms with E-state index in [1.165, 1.54) is 14.2 Å². The van der Waals surface area contributed by atoms with Crippen LogP contribution in [-0.2, 0) is 9.53 Å². The number of ether oxygens (including phenoxy) is 3. The van der Waals surface area contributed by atoms with E-state index in [-0.39, 0.29) is 11.8 Å². The van der Waals surface area contributed by atoms with Gasteiger partial charge in [-0.15, -0.1) is 0 Å². The standard InChI is InChI=1S/C17H24O5/c1-4-22-16(19)12-7-5-6-9-13(18)17-14(20-2)10-8-11-15(17)21-3/h8,10-11H,4-7,9,12H2,1-3H3. The Morgan fingerprint density at radius 1 is 0.955 bits per heavy atom. The van der Waals surface area contributed by atoms with Crippen molar-refractivity contribution in [3.05, 3.63) is 23.8 Å². The summed E-state index contributed by atoms with van der Waals surface area (Å²) >= 11 is 0. The highest BCUT2D eigenvalue weighted by Gasteiger charge is 2.17. The molecule has 0 radical (unpaired) electrons. The van der Waals surface area contributed by atoms with Crippen molar-refractivity contribution in [1.82, 2.24) is 0 Å². The molecule has 0 bridgehead atoms. The molecule has 1 aromatic carbocycles. The van der Waals surface area contributed by atoms with Crippen LogP contribution in [0.5, 0.6) is 11.5 Å². The molecule has 0 atom stereocenters. The molecule has 5 nitrogen and oxygen atoms in total. The number of unbranched alkanes of at least 4 members (excludes halogenated alkanes) is 2. The number of Topliss-reactive ketones (excluding diaryl/α,β-unsaturated/α-hetero) is 1. The molecule has 5 heteroatoms. The lowest BCUT2D eigenvalue weighted by atomic mass is 10.0. The van der Waals surface area contributed by atoms with Gasteiger partial charge in [-0.2, -0.15) is 0 Å². The highest BCUT2D eigenvalue weighted by atomic mass is 16.5. The van der Waals surface area contributed by atoms with Crippen molar-refractivity contribution in [3.8, 4) is 11.5 Å². The molecule has 0 aliphatic heterocycles. The topological polar surface area (TPSA) is 61.8 Å². The molecule has 0 spiro atoms. The predicted octanol–water partition coefficient (Wildman–Crippen LogP) is 3.40. The lowest BCUT2D eigenvalue weighted by Gasteiger charge is -2.11. The van der Waals surface area contributed by atoms with E-state index in [9.17, 15) is 9.59 Å². The van der Waals surface area contributed by atoms with Crippen LogP contribution in [0.25, 0.3) is 0 Å². The number of carbonyl (C=O) groups is 2. The quantitative estimate of drug-likeness (QED) is 0.376. The van der Waals surface area contributed by atoms with Crippen LogP contribution in [0.2, 0.25) is 0 Å². The summed E-state index contributed by atoms with van der Waals surface area (Å²) in [7, 11) is 3.07. The molecule has 0 aliphatic carbocycles.